The molecular formula is C16H16ClNOS. The summed E-state index contributed by atoms with van der Waals surface area (Å²) in [5, 5.41) is 3.65. The van der Waals surface area contributed by atoms with E-state index in [1.165, 1.54) is 0 Å². The number of para-hydroxylation sites is 1. The highest BCUT2D eigenvalue weighted by Gasteiger charge is 2.04. The van der Waals surface area contributed by atoms with E-state index in [1.807, 2.05) is 55.5 Å². The molecule has 0 aromatic heterocycles. The molecule has 0 bridgehead atoms. The number of halogens is 1. The van der Waals surface area contributed by atoms with Crippen molar-refractivity contribution in [3.8, 4) is 0 Å². The van der Waals surface area contributed by atoms with Crippen LogP contribution in [0.1, 0.15) is 11.1 Å². The van der Waals surface area contributed by atoms with Gasteiger partial charge in [-0.3, -0.25) is 4.79 Å². The van der Waals surface area contributed by atoms with Crippen molar-refractivity contribution in [2.45, 2.75) is 12.7 Å². The van der Waals surface area contributed by atoms with Crippen molar-refractivity contribution >= 4 is 35.0 Å². The first kappa shape index (κ1) is 14.9. The number of rotatable bonds is 5. The molecule has 0 atom stereocenters. The van der Waals surface area contributed by atoms with E-state index in [1.54, 1.807) is 11.8 Å². The molecule has 0 aliphatic rings. The van der Waals surface area contributed by atoms with Gasteiger partial charge >= 0.3 is 0 Å². The zero-order chi connectivity index (χ0) is 14.4. The molecule has 2 aromatic carbocycles. The number of hydrogen-bond donors (Lipinski definition) is 1. The van der Waals surface area contributed by atoms with Crippen LogP contribution in [0.2, 0.25) is 5.02 Å². The van der Waals surface area contributed by atoms with Gasteiger partial charge in [-0.1, -0.05) is 41.9 Å². The molecule has 2 aromatic rings. The number of amides is 1. The normalized spacial score (nSPS) is 10.3. The SMILES string of the molecule is Cc1ccccc1NC(=O)CSCc1cccc(Cl)c1. The Morgan fingerprint density at radius 1 is 1.20 bits per heavy atom. The molecule has 20 heavy (non-hydrogen) atoms. The van der Waals surface area contributed by atoms with E-state index in [0.29, 0.717) is 5.75 Å². The summed E-state index contributed by atoms with van der Waals surface area (Å²) in [5.41, 5.74) is 3.08. The molecule has 104 valence electrons. The number of thioether (sulfide) groups is 1. The molecule has 0 unspecified atom stereocenters. The van der Waals surface area contributed by atoms with E-state index in [9.17, 15) is 4.79 Å². The minimum atomic E-state index is 0.0197. The highest BCUT2D eigenvalue weighted by molar-refractivity contribution is 7.99. The maximum atomic E-state index is 11.9. The van der Waals surface area contributed by atoms with E-state index in [0.717, 1.165) is 27.6 Å². The Morgan fingerprint density at radius 2 is 2.00 bits per heavy atom. The molecule has 4 heteroatoms. The summed E-state index contributed by atoms with van der Waals surface area (Å²) in [7, 11) is 0. The van der Waals surface area contributed by atoms with Crippen LogP contribution in [0.15, 0.2) is 48.5 Å². The predicted octanol–water partition coefficient (Wildman–Crippen LogP) is 4.52. The van der Waals surface area contributed by atoms with Gasteiger partial charge < -0.3 is 5.32 Å². The second-order valence-electron chi connectivity index (χ2n) is 4.49. The van der Waals surface area contributed by atoms with Crippen LogP contribution in [0, 0.1) is 6.92 Å². The number of nitrogens with one attached hydrogen (secondary N) is 1. The van der Waals surface area contributed by atoms with Crippen molar-refractivity contribution in [1.29, 1.82) is 0 Å². The van der Waals surface area contributed by atoms with E-state index in [-0.39, 0.29) is 5.91 Å². The van der Waals surface area contributed by atoms with Gasteiger partial charge in [0.05, 0.1) is 5.75 Å². The van der Waals surface area contributed by atoms with Crippen molar-refractivity contribution in [3.63, 3.8) is 0 Å². The maximum Gasteiger partial charge on any atom is 0.234 e. The van der Waals surface area contributed by atoms with Gasteiger partial charge in [-0.05, 0) is 36.2 Å². The molecule has 0 saturated heterocycles. The van der Waals surface area contributed by atoms with Crippen LogP contribution in [-0.4, -0.2) is 11.7 Å². The number of carbonyl (C=O) groups excluding carboxylic acids is 1. The molecule has 0 radical (unpaired) electrons. The monoisotopic (exact) mass is 305 g/mol. The molecule has 0 aliphatic heterocycles. The molecule has 0 aliphatic carbocycles. The fourth-order valence-electron chi connectivity index (χ4n) is 1.79. The second kappa shape index (κ2) is 7.36. The fourth-order valence-corrected chi connectivity index (χ4v) is 2.78. The van der Waals surface area contributed by atoms with Crippen molar-refractivity contribution in [3.05, 3.63) is 64.7 Å². The number of aryl methyl sites for hydroxylation is 1. The summed E-state index contributed by atoms with van der Waals surface area (Å²) < 4.78 is 0. The molecule has 2 nitrogen and oxygen atoms in total. The van der Waals surface area contributed by atoms with Crippen molar-refractivity contribution in [2.24, 2.45) is 0 Å². The Morgan fingerprint density at radius 3 is 2.75 bits per heavy atom. The fraction of sp³-hybridized carbons (Fsp3) is 0.188. The summed E-state index contributed by atoms with van der Waals surface area (Å²) in [4.78, 5) is 11.9. The van der Waals surface area contributed by atoms with Gasteiger partial charge in [-0.15, -0.1) is 11.8 Å². The minimum absolute atomic E-state index is 0.0197. The van der Waals surface area contributed by atoms with Crippen LogP contribution >= 0.6 is 23.4 Å². The standard InChI is InChI=1S/C16H16ClNOS/c1-12-5-2-3-8-15(12)18-16(19)11-20-10-13-6-4-7-14(17)9-13/h2-9H,10-11H2,1H3,(H,18,19). The van der Waals surface area contributed by atoms with Gasteiger partial charge in [0.15, 0.2) is 0 Å². The minimum Gasteiger partial charge on any atom is -0.325 e. The van der Waals surface area contributed by atoms with Gasteiger partial charge in [-0.2, -0.15) is 0 Å². The van der Waals surface area contributed by atoms with Gasteiger partial charge in [0.25, 0.3) is 0 Å². The molecular weight excluding hydrogens is 290 g/mol. The summed E-state index contributed by atoms with van der Waals surface area (Å²) in [6, 6.07) is 15.5. The molecule has 0 heterocycles. The van der Waals surface area contributed by atoms with E-state index in [4.69, 9.17) is 11.6 Å². The van der Waals surface area contributed by atoms with Crippen LogP contribution in [0.5, 0.6) is 0 Å². The number of hydrogen-bond acceptors (Lipinski definition) is 2. The van der Waals surface area contributed by atoms with E-state index >= 15 is 0 Å². The number of carbonyl (C=O) groups is 1. The smallest absolute Gasteiger partial charge is 0.234 e. The average Bonchev–Trinajstić information content (AvgIpc) is 2.41. The zero-order valence-electron chi connectivity index (χ0n) is 11.2. The average molecular weight is 306 g/mol. The highest BCUT2D eigenvalue weighted by atomic mass is 35.5. The Bertz CT molecular complexity index is 601. The van der Waals surface area contributed by atoms with Crippen molar-refractivity contribution < 1.29 is 4.79 Å². The largest absolute Gasteiger partial charge is 0.325 e. The quantitative estimate of drug-likeness (QED) is 0.880. The first-order chi connectivity index (χ1) is 9.65. The number of benzene rings is 2. The first-order valence-electron chi connectivity index (χ1n) is 6.33. The van der Waals surface area contributed by atoms with Gasteiger partial charge in [0.1, 0.15) is 0 Å². The summed E-state index contributed by atoms with van der Waals surface area (Å²) >= 11 is 7.50. The Labute approximate surface area is 128 Å². The first-order valence-corrected chi connectivity index (χ1v) is 7.86. The van der Waals surface area contributed by atoms with Crippen LogP contribution in [0.3, 0.4) is 0 Å². The lowest BCUT2D eigenvalue weighted by molar-refractivity contribution is -0.113. The van der Waals surface area contributed by atoms with Gasteiger partial charge in [-0.25, -0.2) is 0 Å². The summed E-state index contributed by atoms with van der Waals surface area (Å²) in [6.45, 7) is 1.98. The third-order valence-corrected chi connectivity index (χ3v) is 4.05. The molecule has 2 rings (SSSR count). The number of anilines is 1. The molecule has 0 fully saturated rings. The third-order valence-electron chi connectivity index (χ3n) is 2.81. The summed E-state index contributed by atoms with van der Waals surface area (Å²) in [6.07, 6.45) is 0. The topological polar surface area (TPSA) is 29.1 Å². The maximum absolute atomic E-state index is 11.9. The molecule has 1 amide bonds. The van der Waals surface area contributed by atoms with Crippen LogP contribution in [0.4, 0.5) is 5.69 Å². The highest BCUT2D eigenvalue weighted by Crippen LogP contribution is 2.18. The summed E-state index contributed by atoms with van der Waals surface area (Å²) in [5.74, 6) is 1.23. The predicted molar refractivity (Wildman–Crippen MR) is 87.4 cm³/mol. The lowest BCUT2D eigenvalue weighted by Crippen LogP contribution is -2.14. The van der Waals surface area contributed by atoms with Gasteiger partial charge in [0, 0.05) is 16.5 Å². The third kappa shape index (κ3) is 4.58. The Hall–Kier alpha value is -1.45. The van der Waals surface area contributed by atoms with Crippen molar-refractivity contribution in [1.82, 2.24) is 0 Å². The van der Waals surface area contributed by atoms with E-state index < -0.39 is 0 Å². The Kier molecular flexibility index (Phi) is 5.50. The zero-order valence-corrected chi connectivity index (χ0v) is 12.8. The molecule has 1 N–H and O–H groups in total. The Balaban J connectivity index is 1.80. The van der Waals surface area contributed by atoms with Crippen LogP contribution in [-0.2, 0) is 10.5 Å². The van der Waals surface area contributed by atoms with Crippen molar-refractivity contribution in [2.75, 3.05) is 11.1 Å². The van der Waals surface area contributed by atoms with Crippen LogP contribution in [0.25, 0.3) is 0 Å². The van der Waals surface area contributed by atoms with Gasteiger partial charge in [0.2, 0.25) is 5.91 Å². The molecule has 0 spiro atoms. The second-order valence-corrected chi connectivity index (χ2v) is 5.91. The van der Waals surface area contributed by atoms with Crippen LogP contribution < -0.4 is 5.32 Å². The lowest BCUT2D eigenvalue weighted by atomic mass is 10.2. The lowest BCUT2D eigenvalue weighted by Gasteiger charge is -2.08. The molecule has 0 saturated carbocycles. The van der Waals surface area contributed by atoms with E-state index in [2.05, 4.69) is 5.32 Å².